The Morgan fingerprint density at radius 1 is 0.758 bits per heavy atom. The molecule has 4 aliphatic rings. The molecule has 2 aromatic rings. The van der Waals surface area contributed by atoms with Gasteiger partial charge in [-0.25, -0.2) is 0 Å². The lowest BCUT2D eigenvalue weighted by atomic mass is 9.66. The van der Waals surface area contributed by atoms with Crippen molar-refractivity contribution in [2.24, 2.45) is 0 Å². The van der Waals surface area contributed by atoms with Crippen molar-refractivity contribution < 1.29 is 18.9 Å². The van der Waals surface area contributed by atoms with Crippen LogP contribution >= 0.6 is 31.9 Å². The number of nitrogen functional groups attached to an aromatic ring is 2. The number of ether oxygens (including phenoxy) is 4. The Labute approximate surface area is 210 Å². The summed E-state index contributed by atoms with van der Waals surface area (Å²) in [6, 6.07) is 8.52. The van der Waals surface area contributed by atoms with Crippen LogP contribution in [-0.2, 0) is 37.2 Å². The van der Waals surface area contributed by atoms with Gasteiger partial charge in [0.25, 0.3) is 0 Å². The summed E-state index contributed by atoms with van der Waals surface area (Å²) >= 11 is 7.54. The van der Waals surface area contributed by atoms with E-state index in [2.05, 4.69) is 50.1 Å². The molecular weight excluding hydrogens is 552 g/mol. The topological polar surface area (TPSA) is 102 Å². The fourth-order valence-electron chi connectivity index (χ4n) is 5.17. The summed E-state index contributed by atoms with van der Waals surface area (Å²) in [7, 11) is 0. The van der Waals surface area contributed by atoms with Gasteiger partial charge >= 0.3 is 0 Å². The normalized spacial score (nSPS) is 28.9. The van der Waals surface area contributed by atoms with Gasteiger partial charge < -0.3 is 30.4 Å². The average Bonchev–Trinajstić information content (AvgIpc) is 3.60. The highest BCUT2D eigenvalue weighted by Gasteiger charge is 2.47. The maximum atomic E-state index is 6.93. The number of anilines is 2. The van der Waals surface area contributed by atoms with Crippen molar-refractivity contribution in [3.05, 3.63) is 55.5 Å². The smallest absolute Gasteiger partial charge is 0.0851 e. The summed E-state index contributed by atoms with van der Waals surface area (Å²) in [6.45, 7) is 3.15. The third-order valence-corrected chi connectivity index (χ3v) is 8.31. The van der Waals surface area contributed by atoms with Crippen molar-refractivity contribution in [3.8, 4) is 0 Å². The predicted molar refractivity (Wildman–Crippen MR) is 133 cm³/mol. The molecule has 8 heteroatoms. The highest BCUT2D eigenvalue weighted by Crippen LogP contribution is 2.50. The monoisotopic (exact) mass is 578 g/mol. The van der Waals surface area contributed by atoms with Gasteiger partial charge in [-0.3, -0.25) is 0 Å². The maximum absolute atomic E-state index is 6.93. The van der Waals surface area contributed by atoms with Crippen LogP contribution in [-0.4, -0.2) is 50.8 Å². The molecule has 4 heterocycles. The van der Waals surface area contributed by atoms with Gasteiger partial charge in [-0.2, -0.15) is 0 Å². The summed E-state index contributed by atoms with van der Waals surface area (Å²) in [6.07, 6.45) is 4.25. The Hall–Kier alpha value is -1.16. The second-order valence-electron chi connectivity index (χ2n) is 9.77. The summed E-state index contributed by atoms with van der Waals surface area (Å²) in [5.41, 5.74) is 19.2. The van der Waals surface area contributed by atoms with Crippen LogP contribution in [0.1, 0.15) is 35.1 Å². The van der Waals surface area contributed by atoms with Crippen LogP contribution in [0.25, 0.3) is 0 Å². The Morgan fingerprint density at radius 2 is 1.30 bits per heavy atom. The van der Waals surface area contributed by atoms with Crippen molar-refractivity contribution in [1.29, 1.82) is 0 Å². The fourth-order valence-corrected chi connectivity index (χ4v) is 6.29. The summed E-state index contributed by atoms with van der Waals surface area (Å²) in [4.78, 5) is 0. The van der Waals surface area contributed by atoms with E-state index < -0.39 is 0 Å². The zero-order valence-corrected chi connectivity index (χ0v) is 21.5. The lowest BCUT2D eigenvalue weighted by molar-refractivity contribution is 0.298. The molecule has 0 aromatic heterocycles. The van der Waals surface area contributed by atoms with Crippen molar-refractivity contribution in [3.63, 3.8) is 0 Å². The molecule has 0 saturated carbocycles. The van der Waals surface area contributed by atoms with Crippen LogP contribution in [0.5, 0.6) is 0 Å². The zero-order valence-electron chi connectivity index (χ0n) is 18.3. The molecule has 176 valence electrons. The minimum atomic E-state index is -0.338. The van der Waals surface area contributed by atoms with Gasteiger partial charge in [0.1, 0.15) is 0 Å². The standard InChI is InChI=1S/C25H28Br2N2O4/c26-14-1-13(2-15(28)3-14)25(7-18-11-32-18,8-19-12-33-19)22-6-23(27)21(5-17-10-31-17)24(29)20(22)4-16-9-30-16/h1-3,6,16-19H,4-5,7-12,28-29H2. The van der Waals surface area contributed by atoms with E-state index in [-0.39, 0.29) is 29.8 Å². The number of hydrogen-bond acceptors (Lipinski definition) is 6. The Kier molecular flexibility index (Phi) is 5.75. The van der Waals surface area contributed by atoms with Gasteiger partial charge in [-0.15, -0.1) is 0 Å². The largest absolute Gasteiger partial charge is 0.399 e. The Balaban J connectivity index is 1.56. The van der Waals surface area contributed by atoms with Crippen molar-refractivity contribution in [1.82, 2.24) is 0 Å². The van der Waals surface area contributed by atoms with Crippen LogP contribution in [0, 0.1) is 0 Å². The molecular formula is C25H28Br2N2O4. The van der Waals surface area contributed by atoms with E-state index in [1.165, 1.54) is 16.7 Å². The molecule has 6 rings (SSSR count). The van der Waals surface area contributed by atoms with Gasteiger partial charge in [-0.05, 0) is 59.4 Å². The third kappa shape index (κ3) is 4.83. The Bertz CT molecular complexity index is 1040. The molecule has 0 spiro atoms. The lowest BCUT2D eigenvalue weighted by Crippen LogP contribution is -2.34. The number of nitrogens with two attached hydrogens (primary N) is 2. The lowest BCUT2D eigenvalue weighted by Gasteiger charge is -2.38. The maximum Gasteiger partial charge on any atom is 0.0851 e. The molecule has 4 saturated heterocycles. The molecule has 33 heavy (non-hydrogen) atoms. The highest BCUT2D eigenvalue weighted by atomic mass is 79.9. The van der Waals surface area contributed by atoms with Gasteiger partial charge in [0.2, 0.25) is 0 Å². The second kappa shape index (κ2) is 8.50. The van der Waals surface area contributed by atoms with E-state index in [0.29, 0.717) is 0 Å². The molecule has 4 aliphatic heterocycles. The van der Waals surface area contributed by atoms with Crippen molar-refractivity contribution in [2.75, 3.05) is 37.9 Å². The first kappa shape index (κ1) is 22.3. The minimum absolute atomic E-state index is 0.216. The molecule has 4 unspecified atom stereocenters. The first-order chi connectivity index (χ1) is 15.9. The average molecular weight is 580 g/mol. The number of halogens is 2. The number of benzene rings is 2. The zero-order chi connectivity index (χ0) is 22.7. The van der Waals surface area contributed by atoms with Gasteiger partial charge in [0.05, 0.1) is 50.8 Å². The van der Waals surface area contributed by atoms with Crippen molar-refractivity contribution >= 4 is 43.2 Å². The number of rotatable bonds is 10. The van der Waals surface area contributed by atoms with Crippen molar-refractivity contribution in [2.45, 2.75) is 55.5 Å². The van der Waals surface area contributed by atoms with Gasteiger partial charge in [-0.1, -0.05) is 31.9 Å². The van der Waals surface area contributed by atoms with Gasteiger partial charge in [0.15, 0.2) is 0 Å². The van der Waals surface area contributed by atoms with Crippen LogP contribution < -0.4 is 11.5 Å². The van der Waals surface area contributed by atoms with E-state index in [1.54, 1.807) is 0 Å². The molecule has 0 amide bonds. The molecule has 0 aliphatic carbocycles. The summed E-state index contributed by atoms with van der Waals surface area (Å²) < 4.78 is 24.7. The number of hydrogen-bond donors (Lipinski definition) is 2. The molecule has 6 nitrogen and oxygen atoms in total. The highest BCUT2D eigenvalue weighted by molar-refractivity contribution is 9.10. The van der Waals surface area contributed by atoms with Gasteiger partial charge in [0, 0.05) is 38.6 Å². The van der Waals surface area contributed by atoms with E-state index >= 15 is 0 Å². The van der Waals surface area contributed by atoms with E-state index in [1.807, 2.05) is 6.07 Å². The van der Waals surface area contributed by atoms with Crippen LogP contribution in [0.4, 0.5) is 11.4 Å². The summed E-state index contributed by atoms with van der Waals surface area (Å²) in [5, 5.41) is 0. The van der Waals surface area contributed by atoms with E-state index in [4.69, 9.17) is 30.4 Å². The Morgan fingerprint density at radius 3 is 1.82 bits per heavy atom. The first-order valence-corrected chi connectivity index (χ1v) is 13.1. The van der Waals surface area contributed by atoms with Crippen LogP contribution in [0.15, 0.2) is 33.2 Å². The minimum Gasteiger partial charge on any atom is -0.399 e. The molecule has 4 N–H and O–H groups in total. The van der Waals surface area contributed by atoms with Crippen LogP contribution in [0.2, 0.25) is 0 Å². The SMILES string of the molecule is Nc1cc(Br)cc(C(CC2CO2)(CC2CO2)c2cc(Br)c(CC3CO3)c(N)c2CC2CO2)c1. The summed E-state index contributed by atoms with van der Waals surface area (Å²) in [5.74, 6) is 0. The molecule has 4 fully saturated rings. The second-order valence-corrected chi connectivity index (χ2v) is 11.5. The van der Waals surface area contributed by atoms with E-state index in [0.717, 1.165) is 78.0 Å². The molecule has 4 atom stereocenters. The third-order valence-electron chi connectivity index (χ3n) is 7.15. The molecule has 2 aromatic carbocycles. The quantitative estimate of drug-likeness (QED) is 0.324. The number of epoxide rings is 4. The molecule has 0 bridgehead atoms. The fraction of sp³-hybridized carbons (Fsp3) is 0.520. The molecule has 0 radical (unpaired) electrons. The van der Waals surface area contributed by atoms with Crippen LogP contribution in [0.3, 0.4) is 0 Å². The first-order valence-electron chi connectivity index (χ1n) is 11.5. The predicted octanol–water partition coefficient (Wildman–Crippen LogP) is 4.12. The van der Waals surface area contributed by atoms with E-state index in [9.17, 15) is 0 Å².